The molecule has 2 rings (SSSR count). The molecule has 3 heteroatoms. The summed E-state index contributed by atoms with van der Waals surface area (Å²) in [6.45, 7) is 6.44. The van der Waals surface area contributed by atoms with Crippen LogP contribution in [0, 0.1) is 5.92 Å². The maximum atomic E-state index is 4.32. The van der Waals surface area contributed by atoms with Crippen molar-refractivity contribution in [1.82, 2.24) is 15.1 Å². The van der Waals surface area contributed by atoms with Crippen LogP contribution in [0.1, 0.15) is 57.6 Å². The van der Waals surface area contributed by atoms with Gasteiger partial charge in [-0.3, -0.25) is 4.68 Å². The zero-order chi connectivity index (χ0) is 12.1. The lowest BCUT2D eigenvalue weighted by Gasteiger charge is -2.14. The van der Waals surface area contributed by atoms with Gasteiger partial charge in [0, 0.05) is 24.3 Å². The van der Waals surface area contributed by atoms with Crippen LogP contribution in [-0.4, -0.2) is 16.3 Å². The van der Waals surface area contributed by atoms with Gasteiger partial charge in [0.15, 0.2) is 0 Å². The molecule has 1 aliphatic carbocycles. The van der Waals surface area contributed by atoms with E-state index in [0.29, 0.717) is 6.04 Å². The van der Waals surface area contributed by atoms with Crippen molar-refractivity contribution in [2.45, 2.75) is 58.5 Å². The topological polar surface area (TPSA) is 29.9 Å². The van der Waals surface area contributed by atoms with Crippen molar-refractivity contribution in [3.05, 3.63) is 18.0 Å². The molecular formula is C14H25N3. The Balaban J connectivity index is 1.70. The highest BCUT2D eigenvalue weighted by Gasteiger charge is 2.15. The van der Waals surface area contributed by atoms with E-state index in [-0.39, 0.29) is 0 Å². The van der Waals surface area contributed by atoms with E-state index in [4.69, 9.17) is 0 Å². The Labute approximate surface area is 105 Å². The minimum absolute atomic E-state index is 0.428. The van der Waals surface area contributed by atoms with Crippen molar-refractivity contribution < 1.29 is 0 Å². The van der Waals surface area contributed by atoms with E-state index >= 15 is 0 Å². The molecule has 1 unspecified atom stereocenters. The van der Waals surface area contributed by atoms with E-state index in [9.17, 15) is 0 Å². The maximum absolute atomic E-state index is 4.32. The molecule has 1 aromatic heterocycles. The van der Waals surface area contributed by atoms with E-state index < -0.39 is 0 Å². The smallest absolute Gasteiger partial charge is 0.0537 e. The summed E-state index contributed by atoms with van der Waals surface area (Å²) in [7, 11) is 0. The summed E-state index contributed by atoms with van der Waals surface area (Å²) in [5, 5.41) is 7.93. The van der Waals surface area contributed by atoms with Crippen molar-refractivity contribution in [2.75, 3.05) is 6.54 Å². The Bertz CT molecular complexity index is 326. The van der Waals surface area contributed by atoms with Crippen LogP contribution >= 0.6 is 0 Å². The fourth-order valence-corrected chi connectivity index (χ4v) is 2.70. The monoisotopic (exact) mass is 235 g/mol. The van der Waals surface area contributed by atoms with Crippen LogP contribution < -0.4 is 5.32 Å². The van der Waals surface area contributed by atoms with Crippen LogP contribution in [0.3, 0.4) is 0 Å². The second kappa shape index (κ2) is 6.20. The Morgan fingerprint density at radius 1 is 1.47 bits per heavy atom. The first-order valence-electron chi connectivity index (χ1n) is 7.05. The van der Waals surface area contributed by atoms with Crippen LogP contribution in [0.5, 0.6) is 0 Å². The summed E-state index contributed by atoms with van der Waals surface area (Å²) in [5.74, 6) is 0.980. The minimum Gasteiger partial charge on any atom is -0.310 e. The Morgan fingerprint density at radius 2 is 2.24 bits per heavy atom. The summed E-state index contributed by atoms with van der Waals surface area (Å²) in [4.78, 5) is 0. The minimum atomic E-state index is 0.428. The van der Waals surface area contributed by atoms with Gasteiger partial charge in [0.1, 0.15) is 0 Å². The SMILES string of the molecule is CCn1cc(C(C)NCCC2CCCC2)cn1. The van der Waals surface area contributed by atoms with Crippen molar-refractivity contribution in [3.63, 3.8) is 0 Å². The van der Waals surface area contributed by atoms with Crippen LogP contribution in [0.25, 0.3) is 0 Å². The predicted molar refractivity (Wildman–Crippen MR) is 70.9 cm³/mol. The number of nitrogens with one attached hydrogen (secondary N) is 1. The van der Waals surface area contributed by atoms with E-state index in [1.807, 2.05) is 10.9 Å². The molecule has 0 aliphatic heterocycles. The van der Waals surface area contributed by atoms with Gasteiger partial charge in [0.25, 0.3) is 0 Å². The molecule has 1 fully saturated rings. The lowest BCUT2D eigenvalue weighted by atomic mass is 10.0. The first-order valence-corrected chi connectivity index (χ1v) is 7.05. The van der Waals surface area contributed by atoms with Crippen LogP contribution in [0.15, 0.2) is 12.4 Å². The zero-order valence-electron chi connectivity index (χ0n) is 11.2. The van der Waals surface area contributed by atoms with E-state index in [0.717, 1.165) is 19.0 Å². The number of nitrogens with zero attached hydrogens (tertiary/aromatic N) is 2. The molecule has 0 aromatic carbocycles. The molecule has 1 atom stereocenters. The van der Waals surface area contributed by atoms with Crippen molar-refractivity contribution >= 4 is 0 Å². The number of aromatic nitrogens is 2. The Hall–Kier alpha value is -0.830. The van der Waals surface area contributed by atoms with E-state index in [2.05, 4.69) is 30.5 Å². The third-order valence-electron chi connectivity index (χ3n) is 3.96. The molecule has 1 saturated carbocycles. The lowest BCUT2D eigenvalue weighted by molar-refractivity contribution is 0.455. The van der Waals surface area contributed by atoms with Gasteiger partial charge < -0.3 is 5.32 Å². The van der Waals surface area contributed by atoms with Crippen molar-refractivity contribution in [3.8, 4) is 0 Å². The first-order chi connectivity index (χ1) is 8.29. The second-order valence-corrected chi connectivity index (χ2v) is 5.24. The van der Waals surface area contributed by atoms with Gasteiger partial charge in [0.05, 0.1) is 6.20 Å². The molecule has 17 heavy (non-hydrogen) atoms. The fourth-order valence-electron chi connectivity index (χ4n) is 2.70. The summed E-state index contributed by atoms with van der Waals surface area (Å²) in [5.41, 5.74) is 1.30. The van der Waals surface area contributed by atoms with Crippen LogP contribution in [0.4, 0.5) is 0 Å². The number of hydrogen-bond acceptors (Lipinski definition) is 2. The number of rotatable bonds is 6. The second-order valence-electron chi connectivity index (χ2n) is 5.24. The summed E-state index contributed by atoms with van der Waals surface area (Å²) >= 11 is 0. The van der Waals surface area contributed by atoms with Gasteiger partial charge in [-0.15, -0.1) is 0 Å². The van der Waals surface area contributed by atoms with Gasteiger partial charge in [0.2, 0.25) is 0 Å². The highest BCUT2D eigenvalue weighted by molar-refractivity contribution is 5.08. The van der Waals surface area contributed by atoms with Crippen LogP contribution in [0.2, 0.25) is 0 Å². The van der Waals surface area contributed by atoms with Gasteiger partial charge in [-0.25, -0.2) is 0 Å². The highest BCUT2D eigenvalue weighted by atomic mass is 15.3. The summed E-state index contributed by atoms with van der Waals surface area (Å²) in [6.07, 6.45) is 11.3. The Morgan fingerprint density at radius 3 is 2.88 bits per heavy atom. The highest BCUT2D eigenvalue weighted by Crippen LogP contribution is 2.27. The van der Waals surface area contributed by atoms with Gasteiger partial charge >= 0.3 is 0 Å². The quantitative estimate of drug-likeness (QED) is 0.821. The average molecular weight is 235 g/mol. The Kier molecular flexibility index (Phi) is 4.60. The average Bonchev–Trinajstić information content (AvgIpc) is 2.99. The van der Waals surface area contributed by atoms with E-state index in [1.54, 1.807) is 0 Å². The molecule has 3 nitrogen and oxygen atoms in total. The molecular weight excluding hydrogens is 210 g/mol. The molecule has 1 N–H and O–H groups in total. The van der Waals surface area contributed by atoms with Crippen LogP contribution in [-0.2, 0) is 6.54 Å². The van der Waals surface area contributed by atoms with Gasteiger partial charge in [-0.2, -0.15) is 5.10 Å². The van der Waals surface area contributed by atoms with E-state index in [1.165, 1.54) is 37.7 Å². The lowest BCUT2D eigenvalue weighted by Crippen LogP contribution is -2.21. The number of hydrogen-bond donors (Lipinski definition) is 1. The summed E-state index contributed by atoms with van der Waals surface area (Å²) < 4.78 is 1.99. The third-order valence-corrected chi connectivity index (χ3v) is 3.96. The largest absolute Gasteiger partial charge is 0.310 e. The van der Waals surface area contributed by atoms with Gasteiger partial charge in [-0.05, 0) is 32.7 Å². The molecule has 0 spiro atoms. The normalized spacial score (nSPS) is 18.7. The third kappa shape index (κ3) is 3.56. The zero-order valence-corrected chi connectivity index (χ0v) is 11.2. The molecule has 1 aliphatic rings. The maximum Gasteiger partial charge on any atom is 0.0537 e. The molecule has 0 radical (unpaired) electrons. The van der Waals surface area contributed by atoms with Crippen molar-refractivity contribution in [2.24, 2.45) is 5.92 Å². The predicted octanol–water partition coefficient (Wildman–Crippen LogP) is 3.13. The summed E-state index contributed by atoms with van der Waals surface area (Å²) in [6, 6.07) is 0.428. The van der Waals surface area contributed by atoms with Gasteiger partial charge in [-0.1, -0.05) is 25.7 Å². The van der Waals surface area contributed by atoms with Crippen molar-refractivity contribution in [1.29, 1.82) is 0 Å². The molecule has 1 aromatic rings. The molecule has 0 amide bonds. The number of aryl methyl sites for hydroxylation is 1. The fraction of sp³-hybridized carbons (Fsp3) is 0.786. The molecule has 0 bridgehead atoms. The molecule has 96 valence electrons. The first kappa shape index (κ1) is 12.6. The molecule has 0 saturated heterocycles. The molecule has 1 heterocycles. The standard InChI is InChI=1S/C14H25N3/c1-3-17-11-14(10-16-17)12(2)15-9-8-13-6-4-5-7-13/h10-13,15H,3-9H2,1-2H3.